The molecule has 20 heavy (non-hydrogen) atoms. The van der Waals surface area contributed by atoms with Crippen LogP contribution in [0.15, 0.2) is 0 Å². The highest BCUT2D eigenvalue weighted by atomic mass is 16.5. The molecule has 2 aliphatic rings. The van der Waals surface area contributed by atoms with Gasteiger partial charge in [-0.15, -0.1) is 0 Å². The summed E-state index contributed by atoms with van der Waals surface area (Å²) in [7, 11) is 2.20. The molecule has 4 nitrogen and oxygen atoms in total. The van der Waals surface area contributed by atoms with Gasteiger partial charge in [-0.2, -0.15) is 0 Å². The van der Waals surface area contributed by atoms with Gasteiger partial charge in [0.2, 0.25) is 0 Å². The highest BCUT2D eigenvalue weighted by molar-refractivity contribution is 4.87. The highest BCUT2D eigenvalue weighted by Crippen LogP contribution is 2.20. The monoisotopic (exact) mass is 283 g/mol. The zero-order valence-corrected chi connectivity index (χ0v) is 13.6. The van der Waals surface area contributed by atoms with Gasteiger partial charge >= 0.3 is 0 Å². The number of rotatable bonds is 6. The van der Waals surface area contributed by atoms with Gasteiger partial charge in [0.25, 0.3) is 0 Å². The number of likely N-dealkylation sites (N-methyl/N-ethyl adjacent to an activating group) is 1. The van der Waals surface area contributed by atoms with Gasteiger partial charge in [-0.25, -0.2) is 0 Å². The molecule has 2 aliphatic heterocycles. The number of likely N-dealkylation sites (tertiary alicyclic amines) is 2. The van der Waals surface area contributed by atoms with Gasteiger partial charge in [0, 0.05) is 31.2 Å². The Bertz CT molecular complexity index is 287. The third-order valence-electron chi connectivity index (χ3n) is 5.13. The average Bonchev–Trinajstić information content (AvgIpc) is 2.83. The largest absolute Gasteiger partial charge is 0.375 e. The lowest BCUT2D eigenvalue weighted by atomic mass is 10.00. The van der Waals surface area contributed by atoms with Crippen LogP contribution in [-0.4, -0.2) is 67.3 Å². The van der Waals surface area contributed by atoms with Gasteiger partial charge in [-0.1, -0.05) is 13.3 Å². The van der Waals surface area contributed by atoms with Gasteiger partial charge in [-0.05, 0) is 46.2 Å². The molecule has 0 saturated carbocycles. The topological polar surface area (TPSA) is 41.7 Å². The second kappa shape index (κ2) is 7.74. The van der Waals surface area contributed by atoms with Crippen LogP contribution < -0.4 is 5.73 Å². The molecule has 118 valence electrons. The first-order valence-electron chi connectivity index (χ1n) is 8.43. The van der Waals surface area contributed by atoms with Gasteiger partial charge in [-0.3, -0.25) is 4.90 Å². The zero-order chi connectivity index (χ0) is 14.5. The van der Waals surface area contributed by atoms with Crippen LogP contribution in [0.3, 0.4) is 0 Å². The molecule has 0 aromatic rings. The van der Waals surface area contributed by atoms with Crippen molar-refractivity contribution < 1.29 is 4.74 Å². The minimum absolute atomic E-state index is 0.176. The third-order valence-corrected chi connectivity index (χ3v) is 5.13. The fourth-order valence-electron chi connectivity index (χ4n) is 3.62. The molecule has 4 heteroatoms. The Morgan fingerprint density at radius 3 is 2.70 bits per heavy atom. The second-order valence-corrected chi connectivity index (χ2v) is 6.73. The van der Waals surface area contributed by atoms with Crippen LogP contribution >= 0.6 is 0 Å². The van der Waals surface area contributed by atoms with E-state index >= 15 is 0 Å². The van der Waals surface area contributed by atoms with Crippen LogP contribution in [0.25, 0.3) is 0 Å². The molecule has 3 unspecified atom stereocenters. The Labute approximate surface area is 124 Å². The Morgan fingerprint density at radius 2 is 2.10 bits per heavy atom. The van der Waals surface area contributed by atoms with Crippen LogP contribution in [0, 0.1) is 0 Å². The Morgan fingerprint density at radius 1 is 1.30 bits per heavy atom. The van der Waals surface area contributed by atoms with Crippen molar-refractivity contribution in [3.63, 3.8) is 0 Å². The Hall–Kier alpha value is -0.160. The van der Waals surface area contributed by atoms with Crippen LogP contribution in [0.4, 0.5) is 0 Å². The van der Waals surface area contributed by atoms with Crippen LogP contribution in [0.1, 0.15) is 46.0 Å². The lowest BCUT2D eigenvalue weighted by Gasteiger charge is -2.40. The summed E-state index contributed by atoms with van der Waals surface area (Å²) in [6.45, 7) is 8.79. The van der Waals surface area contributed by atoms with Crippen molar-refractivity contribution in [1.29, 1.82) is 0 Å². The Kier molecular flexibility index (Phi) is 6.27. The summed E-state index contributed by atoms with van der Waals surface area (Å²) in [6, 6.07) is 1.45. The van der Waals surface area contributed by atoms with E-state index in [1.54, 1.807) is 0 Å². The standard InChI is InChI=1S/C16H33N3O/c1-4-6-13(2)19-10-8-16(15(17)11-19)20-12-14-7-5-9-18(14)3/h13-16H,4-12,17H2,1-3H3/t13?,14-,15?,16?/m0/s1. The fourth-order valence-corrected chi connectivity index (χ4v) is 3.62. The number of piperidine rings is 1. The molecule has 2 heterocycles. The molecule has 2 fully saturated rings. The maximum absolute atomic E-state index is 6.34. The van der Waals surface area contributed by atoms with Crippen molar-refractivity contribution in [2.45, 2.75) is 70.2 Å². The highest BCUT2D eigenvalue weighted by Gasteiger charge is 2.30. The molecule has 0 bridgehead atoms. The molecule has 0 spiro atoms. The van der Waals surface area contributed by atoms with Gasteiger partial charge < -0.3 is 15.4 Å². The molecular weight excluding hydrogens is 250 g/mol. The SMILES string of the molecule is CCCC(C)N1CCC(OC[C@@H]2CCCN2C)C(N)C1. The van der Waals surface area contributed by atoms with E-state index in [0.29, 0.717) is 12.1 Å². The summed E-state index contributed by atoms with van der Waals surface area (Å²) in [5, 5.41) is 0. The third kappa shape index (κ3) is 4.17. The Balaban J connectivity index is 1.72. The molecule has 0 aromatic heterocycles. The first-order chi connectivity index (χ1) is 9.61. The predicted octanol–water partition coefficient (Wildman–Crippen LogP) is 1.69. The first-order valence-corrected chi connectivity index (χ1v) is 8.43. The number of ether oxygens (including phenoxy) is 1. The summed E-state index contributed by atoms with van der Waals surface area (Å²) < 4.78 is 6.14. The minimum Gasteiger partial charge on any atom is -0.375 e. The van der Waals surface area contributed by atoms with Crippen LogP contribution in [-0.2, 0) is 4.74 Å². The maximum Gasteiger partial charge on any atom is 0.0751 e. The van der Waals surface area contributed by atoms with Crippen molar-refractivity contribution in [2.24, 2.45) is 5.73 Å². The van der Waals surface area contributed by atoms with E-state index in [1.165, 1.54) is 32.2 Å². The van der Waals surface area contributed by atoms with Crippen molar-refractivity contribution in [1.82, 2.24) is 9.80 Å². The van der Waals surface area contributed by atoms with E-state index in [9.17, 15) is 0 Å². The second-order valence-electron chi connectivity index (χ2n) is 6.73. The van der Waals surface area contributed by atoms with Gasteiger partial charge in [0.15, 0.2) is 0 Å². The lowest BCUT2D eigenvalue weighted by Crippen LogP contribution is -2.55. The predicted molar refractivity (Wildman–Crippen MR) is 83.9 cm³/mol. The summed E-state index contributed by atoms with van der Waals surface area (Å²) in [5.41, 5.74) is 6.34. The zero-order valence-electron chi connectivity index (χ0n) is 13.6. The summed E-state index contributed by atoms with van der Waals surface area (Å²) in [6.07, 6.45) is 6.45. The molecule has 2 saturated heterocycles. The number of nitrogens with zero attached hydrogens (tertiary/aromatic N) is 2. The van der Waals surface area contributed by atoms with Gasteiger partial charge in [0.05, 0.1) is 12.7 Å². The normalized spacial score (nSPS) is 34.5. The van der Waals surface area contributed by atoms with E-state index in [2.05, 4.69) is 30.7 Å². The molecule has 4 atom stereocenters. The van der Waals surface area contributed by atoms with Crippen molar-refractivity contribution in [2.75, 3.05) is 33.3 Å². The van der Waals surface area contributed by atoms with Crippen LogP contribution in [0.2, 0.25) is 0 Å². The van der Waals surface area contributed by atoms with E-state index in [-0.39, 0.29) is 12.1 Å². The smallest absolute Gasteiger partial charge is 0.0751 e. The maximum atomic E-state index is 6.34. The van der Waals surface area contributed by atoms with Crippen molar-refractivity contribution >= 4 is 0 Å². The van der Waals surface area contributed by atoms with E-state index in [1.807, 2.05) is 0 Å². The quantitative estimate of drug-likeness (QED) is 0.805. The fraction of sp³-hybridized carbons (Fsp3) is 1.00. The molecular formula is C16H33N3O. The van der Waals surface area contributed by atoms with Crippen molar-refractivity contribution in [3.05, 3.63) is 0 Å². The molecule has 0 amide bonds. The first kappa shape index (κ1) is 16.2. The lowest BCUT2D eigenvalue weighted by molar-refractivity contribution is -0.0307. The minimum atomic E-state index is 0.176. The number of hydrogen-bond acceptors (Lipinski definition) is 4. The van der Waals surface area contributed by atoms with E-state index in [4.69, 9.17) is 10.5 Å². The van der Waals surface area contributed by atoms with E-state index < -0.39 is 0 Å². The molecule has 0 aromatic carbocycles. The molecule has 2 N–H and O–H groups in total. The average molecular weight is 283 g/mol. The van der Waals surface area contributed by atoms with Crippen LogP contribution in [0.5, 0.6) is 0 Å². The molecule has 0 radical (unpaired) electrons. The summed E-state index contributed by atoms with van der Waals surface area (Å²) in [4.78, 5) is 4.96. The molecule has 2 rings (SSSR count). The van der Waals surface area contributed by atoms with Crippen molar-refractivity contribution in [3.8, 4) is 0 Å². The summed E-state index contributed by atoms with van der Waals surface area (Å²) >= 11 is 0. The number of hydrogen-bond donors (Lipinski definition) is 1. The van der Waals surface area contributed by atoms with Gasteiger partial charge in [0.1, 0.15) is 0 Å². The van der Waals surface area contributed by atoms with E-state index in [0.717, 1.165) is 26.1 Å². The summed E-state index contributed by atoms with van der Waals surface area (Å²) in [5.74, 6) is 0. The number of nitrogens with two attached hydrogens (primary N) is 1. The molecule has 0 aliphatic carbocycles.